The van der Waals surface area contributed by atoms with Crippen LogP contribution in [0.1, 0.15) is 0 Å². The lowest BCUT2D eigenvalue weighted by atomic mass is 9.98. The van der Waals surface area contributed by atoms with E-state index in [2.05, 4.69) is 17.1 Å². The number of fused-ring (bicyclic) bond motifs is 8. The molecule has 0 saturated heterocycles. The zero-order chi connectivity index (χ0) is 21.1. The summed E-state index contributed by atoms with van der Waals surface area (Å²) in [4.78, 5) is 16.5. The molecule has 6 rings (SSSR count). The molecule has 31 heavy (non-hydrogen) atoms. The van der Waals surface area contributed by atoms with Gasteiger partial charge in [-0.3, -0.25) is 4.79 Å². The minimum Gasteiger partial charge on any atom is -0.497 e. The fourth-order valence-corrected chi connectivity index (χ4v) is 4.38. The van der Waals surface area contributed by atoms with Crippen molar-refractivity contribution in [3.05, 3.63) is 83.2 Å². The van der Waals surface area contributed by atoms with E-state index in [-0.39, 0.29) is 17.0 Å². The van der Waals surface area contributed by atoms with Crippen molar-refractivity contribution in [2.24, 2.45) is 0 Å². The summed E-state index contributed by atoms with van der Waals surface area (Å²) in [6.45, 7) is 0. The van der Waals surface area contributed by atoms with Gasteiger partial charge in [0.15, 0.2) is 0 Å². The third kappa shape index (κ3) is 2.39. The highest BCUT2D eigenvalue weighted by Gasteiger charge is 2.20. The largest absolute Gasteiger partial charge is 0.497 e. The Balaban J connectivity index is 1.78. The monoisotopic (exact) mass is 407 g/mol. The number of methoxy groups -OCH3 is 1. The number of H-pyrrole nitrogens is 1. The predicted molar refractivity (Wildman–Crippen MR) is 122 cm³/mol. The molecule has 0 spiro atoms. The van der Waals surface area contributed by atoms with Crippen molar-refractivity contribution in [1.29, 1.82) is 0 Å². The molecule has 0 bridgehead atoms. The molecule has 4 aromatic carbocycles. The molecule has 6 nitrogen and oxygen atoms in total. The summed E-state index contributed by atoms with van der Waals surface area (Å²) >= 11 is 0. The van der Waals surface area contributed by atoms with E-state index >= 15 is 0 Å². The van der Waals surface area contributed by atoms with E-state index in [1.807, 2.05) is 36.4 Å². The highest BCUT2D eigenvalue weighted by atomic mass is 16.5. The number of nitrogens with one attached hydrogen (secondary N) is 1. The molecular formula is C25H17N3O3. The van der Waals surface area contributed by atoms with Crippen molar-refractivity contribution in [2.75, 3.05) is 7.11 Å². The molecule has 0 fully saturated rings. The summed E-state index contributed by atoms with van der Waals surface area (Å²) < 4.78 is 6.54. The average Bonchev–Trinajstić information content (AvgIpc) is 3.20. The molecule has 0 amide bonds. The number of rotatable bonds is 2. The SMILES string of the molecule is COc1ccc(-c2c(O)[nH]c3c4c5ccccc5c5ccccc5c4nn3c2=O)cc1. The van der Waals surface area contributed by atoms with Gasteiger partial charge >= 0.3 is 0 Å². The van der Waals surface area contributed by atoms with Gasteiger partial charge in [-0.1, -0.05) is 60.7 Å². The number of ether oxygens (including phenoxy) is 1. The van der Waals surface area contributed by atoms with Gasteiger partial charge in [0, 0.05) is 5.39 Å². The number of aromatic nitrogens is 3. The van der Waals surface area contributed by atoms with Crippen LogP contribution >= 0.6 is 0 Å². The third-order valence-electron chi connectivity index (χ3n) is 5.81. The molecule has 0 atom stereocenters. The van der Waals surface area contributed by atoms with E-state index in [1.54, 1.807) is 31.4 Å². The van der Waals surface area contributed by atoms with Crippen molar-refractivity contribution in [1.82, 2.24) is 14.6 Å². The highest BCUT2D eigenvalue weighted by Crippen LogP contribution is 2.37. The van der Waals surface area contributed by atoms with E-state index in [9.17, 15) is 9.90 Å². The molecule has 2 heterocycles. The van der Waals surface area contributed by atoms with Gasteiger partial charge in [0.2, 0.25) is 5.88 Å². The topological polar surface area (TPSA) is 79.6 Å². The zero-order valence-corrected chi connectivity index (χ0v) is 16.6. The van der Waals surface area contributed by atoms with Crippen LogP contribution in [0.15, 0.2) is 77.6 Å². The lowest BCUT2D eigenvalue weighted by Crippen LogP contribution is -2.17. The van der Waals surface area contributed by atoms with Gasteiger partial charge in [-0.05, 0) is 33.9 Å². The Morgan fingerprint density at radius 1 is 0.871 bits per heavy atom. The molecule has 6 aromatic rings. The Labute approximate surface area is 175 Å². The van der Waals surface area contributed by atoms with Crippen LogP contribution in [0, 0.1) is 0 Å². The first-order valence-electron chi connectivity index (χ1n) is 9.89. The number of aromatic amines is 1. The van der Waals surface area contributed by atoms with Crippen LogP contribution in [-0.2, 0) is 0 Å². The summed E-state index contributed by atoms with van der Waals surface area (Å²) in [5.41, 5.74) is 1.54. The van der Waals surface area contributed by atoms with Crippen molar-refractivity contribution >= 4 is 38.1 Å². The van der Waals surface area contributed by atoms with Crippen LogP contribution in [0.5, 0.6) is 11.6 Å². The smallest absolute Gasteiger partial charge is 0.286 e. The number of hydrogen-bond acceptors (Lipinski definition) is 4. The van der Waals surface area contributed by atoms with E-state index in [0.717, 1.165) is 26.9 Å². The van der Waals surface area contributed by atoms with Gasteiger partial charge in [-0.2, -0.15) is 9.61 Å². The van der Waals surface area contributed by atoms with Crippen LogP contribution < -0.4 is 10.3 Å². The summed E-state index contributed by atoms with van der Waals surface area (Å²) in [6.07, 6.45) is 0. The lowest BCUT2D eigenvalue weighted by molar-refractivity contribution is 0.415. The fraction of sp³-hybridized carbons (Fsp3) is 0.0400. The molecular weight excluding hydrogens is 390 g/mol. The predicted octanol–water partition coefficient (Wildman–Crippen LogP) is 4.86. The van der Waals surface area contributed by atoms with Gasteiger partial charge in [0.05, 0.1) is 12.5 Å². The van der Waals surface area contributed by atoms with E-state index in [0.29, 0.717) is 22.5 Å². The molecule has 0 aliphatic heterocycles. The second-order valence-electron chi connectivity index (χ2n) is 7.46. The second kappa shape index (κ2) is 6.34. The first-order chi connectivity index (χ1) is 15.2. The maximum atomic E-state index is 13.4. The second-order valence-corrected chi connectivity index (χ2v) is 7.46. The summed E-state index contributed by atoms with van der Waals surface area (Å²) in [7, 11) is 1.58. The summed E-state index contributed by atoms with van der Waals surface area (Å²) in [5, 5.41) is 20.4. The Bertz CT molecular complexity index is 1700. The third-order valence-corrected chi connectivity index (χ3v) is 5.81. The van der Waals surface area contributed by atoms with Crippen molar-refractivity contribution in [3.8, 4) is 22.8 Å². The molecule has 0 aliphatic carbocycles. The Morgan fingerprint density at radius 3 is 2.16 bits per heavy atom. The van der Waals surface area contributed by atoms with Crippen LogP contribution in [0.3, 0.4) is 0 Å². The average molecular weight is 407 g/mol. The van der Waals surface area contributed by atoms with Gasteiger partial charge in [-0.15, -0.1) is 0 Å². The van der Waals surface area contributed by atoms with Crippen LogP contribution in [0.2, 0.25) is 0 Å². The molecule has 2 N–H and O–H groups in total. The Morgan fingerprint density at radius 2 is 1.48 bits per heavy atom. The molecule has 0 saturated carbocycles. The van der Waals surface area contributed by atoms with E-state index in [4.69, 9.17) is 9.84 Å². The molecule has 2 aromatic heterocycles. The number of benzene rings is 4. The molecule has 6 heteroatoms. The van der Waals surface area contributed by atoms with Gasteiger partial charge in [0.25, 0.3) is 5.56 Å². The van der Waals surface area contributed by atoms with Gasteiger partial charge in [-0.25, -0.2) is 0 Å². The zero-order valence-electron chi connectivity index (χ0n) is 16.6. The first kappa shape index (κ1) is 17.5. The highest BCUT2D eigenvalue weighted by molar-refractivity contribution is 6.27. The quantitative estimate of drug-likeness (QED) is 0.402. The minimum atomic E-state index is -0.388. The number of hydrogen-bond donors (Lipinski definition) is 2. The maximum absolute atomic E-state index is 13.4. The first-order valence-corrected chi connectivity index (χ1v) is 9.89. The molecule has 0 aliphatic rings. The lowest BCUT2D eigenvalue weighted by Gasteiger charge is -2.07. The number of aromatic hydroxyl groups is 1. The summed E-state index contributed by atoms with van der Waals surface area (Å²) in [5.74, 6) is 0.477. The van der Waals surface area contributed by atoms with E-state index in [1.165, 1.54) is 4.52 Å². The van der Waals surface area contributed by atoms with Crippen molar-refractivity contribution in [3.63, 3.8) is 0 Å². The van der Waals surface area contributed by atoms with Crippen LogP contribution in [0.25, 0.3) is 49.2 Å². The Kier molecular flexibility index (Phi) is 3.58. The molecule has 0 unspecified atom stereocenters. The normalized spacial score (nSPS) is 11.6. The fourth-order valence-electron chi connectivity index (χ4n) is 4.38. The van der Waals surface area contributed by atoms with Crippen LogP contribution in [-0.4, -0.2) is 26.8 Å². The Hall–Kier alpha value is -4.32. The van der Waals surface area contributed by atoms with Crippen molar-refractivity contribution < 1.29 is 9.84 Å². The van der Waals surface area contributed by atoms with Crippen LogP contribution in [0.4, 0.5) is 0 Å². The maximum Gasteiger partial charge on any atom is 0.286 e. The van der Waals surface area contributed by atoms with E-state index < -0.39 is 0 Å². The standard InChI is InChI=1S/C25H17N3O3/c1-31-15-12-10-14(11-13-15)20-24(29)26-23-21-18-8-4-2-6-16(18)17-7-3-5-9-19(17)22(21)27-28(23)25(20)30/h2-13,26,29H,1H3. The summed E-state index contributed by atoms with van der Waals surface area (Å²) in [6, 6.07) is 23.0. The van der Waals surface area contributed by atoms with Crippen molar-refractivity contribution in [2.45, 2.75) is 0 Å². The molecule has 0 radical (unpaired) electrons. The van der Waals surface area contributed by atoms with Gasteiger partial charge < -0.3 is 14.8 Å². The number of nitrogens with zero attached hydrogens (tertiary/aromatic N) is 2. The van der Waals surface area contributed by atoms with Gasteiger partial charge in [0.1, 0.15) is 22.5 Å². The molecule has 150 valence electrons. The minimum absolute atomic E-state index is 0.163.